The highest BCUT2D eigenvalue weighted by atomic mass is 16.6. The lowest BCUT2D eigenvalue weighted by molar-refractivity contribution is 0.0697. The van der Waals surface area contributed by atoms with E-state index in [1.165, 1.54) is 13.2 Å². The van der Waals surface area contributed by atoms with Gasteiger partial charge in [-0.2, -0.15) is 0 Å². The molecule has 1 aromatic carbocycles. The fraction of sp³-hybridized carbons (Fsp3) is 0.222. The van der Waals surface area contributed by atoms with E-state index in [1.807, 2.05) is 6.92 Å². The Balaban J connectivity index is 2.98. The van der Waals surface area contributed by atoms with E-state index >= 15 is 0 Å². The van der Waals surface area contributed by atoms with Gasteiger partial charge >= 0.3 is 5.97 Å². The SMILES string of the molecule is CONc1ccc(C(=O)O)cc1C. The van der Waals surface area contributed by atoms with E-state index in [9.17, 15) is 4.79 Å². The lowest BCUT2D eigenvalue weighted by Gasteiger charge is -2.06. The summed E-state index contributed by atoms with van der Waals surface area (Å²) in [7, 11) is 1.50. The zero-order chi connectivity index (χ0) is 9.84. The standard InChI is InChI=1S/C9H11NO3/c1-6-5-7(9(11)12)3-4-8(6)10-13-2/h3-5,10H,1-2H3,(H,11,12). The van der Waals surface area contributed by atoms with Crippen LogP contribution in [0.25, 0.3) is 0 Å². The maximum absolute atomic E-state index is 10.6. The molecule has 0 aromatic heterocycles. The molecule has 0 aliphatic heterocycles. The minimum atomic E-state index is -0.924. The Hall–Kier alpha value is -1.55. The van der Waals surface area contributed by atoms with Crippen LogP contribution in [0.1, 0.15) is 15.9 Å². The van der Waals surface area contributed by atoms with Crippen molar-refractivity contribution in [1.82, 2.24) is 0 Å². The van der Waals surface area contributed by atoms with Crippen molar-refractivity contribution in [3.8, 4) is 0 Å². The molecule has 0 unspecified atom stereocenters. The summed E-state index contributed by atoms with van der Waals surface area (Å²) in [5, 5.41) is 8.68. The Bertz CT molecular complexity index is 323. The van der Waals surface area contributed by atoms with E-state index in [0.717, 1.165) is 11.3 Å². The number of carboxylic acids is 1. The first-order chi connectivity index (χ1) is 6.15. The van der Waals surface area contributed by atoms with Crippen molar-refractivity contribution >= 4 is 11.7 Å². The van der Waals surface area contributed by atoms with Gasteiger partial charge in [0.2, 0.25) is 0 Å². The topological polar surface area (TPSA) is 58.6 Å². The number of carbonyl (C=O) groups is 1. The maximum Gasteiger partial charge on any atom is 0.335 e. The number of rotatable bonds is 3. The van der Waals surface area contributed by atoms with Crippen LogP contribution in [0.5, 0.6) is 0 Å². The van der Waals surface area contributed by atoms with Crippen LogP contribution in [0.3, 0.4) is 0 Å². The zero-order valence-corrected chi connectivity index (χ0v) is 7.50. The summed E-state index contributed by atoms with van der Waals surface area (Å²) in [6.45, 7) is 1.81. The molecule has 13 heavy (non-hydrogen) atoms. The van der Waals surface area contributed by atoms with E-state index in [-0.39, 0.29) is 5.56 Å². The summed E-state index contributed by atoms with van der Waals surface area (Å²) < 4.78 is 0. The van der Waals surface area contributed by atoms with Crippen LogP contribution < -0.4 is 5.48 Å². The van der Waals surface area contributed by atoms with Crippen LogP contribution in [0.4, 0.5) is 5.69 Å². The second-order valence-electron chi connectivity index (χ2n) is 2.64. The summed E-state index contributed by atoms with van der Waals surface area (Å²) in [4.78, 5) is 15.3. The molecule has 70 valence electrons. The number of carboxylic acid groups (broad SMARTS) is 1. The van der Waals surface area contributed by atoms with Gasteiger partial charge in [0.05, 0.1) is 18.4 Å². The minimum Gasteiger partial charge on any atom is -0.478 e. The predicted octanol–water partition coefficient (Wildman–Crippen LogP) is 1.67. The van der Waals surface area contributed by atoms with Crippen LogP contribution in [-0.4, -0.2) is 18.2 Å². The molecule has 0 atom stereocenters. The second-order valence-corrected chi connectivity index (χ2v) is 2.64. The molecule has 2 N–H and O–H groups in total. The minimum absolute atomic E-state index is 0.277. The first-order valence-corrected chi connectivity index (χ1v) is 3.78. The van der Waals surface area contributed by atoms with E-state index in [4.69, 9.17) is 9.94 Å². The van der Waals surface area contributed by atoms with Gasteiger partial charge in [-0.25, -0.2) is 4.79 Å². The van der Waals surface area contributed by atoms with Crippen molar-refractivity contribution in [1.29, 1.82) is 0 Å². The number of hydrogen-bond acceptors (Lipinski definition) is 3. The van der Waals surface area contributed by atoms with Crippen molar-refractivity contribution in [3.05, 3.63) is 29.3 Å². The molecular formula is C9H11NO3. The van der Waals surface area contributed by atoms with Crippen LogP contribution in [0, 0.1) is 6.92 Å². The molecule has 0 saturated carbocycles. The van der Waals surface area contributed by atoms with E-state index < -0.39 is 5.97 Å². The summed E-state index contributed by atoms with van der Waals surface area (Å²) >= 11 is 0. The number of benzene rings is 1. The molecule has 4 nitrogen and oxygen atoms in total. The highest BCUT2D eigenvalue weighted by Gasteiger charge is 2.04. The molecule has 0 bridgehead atoms. The Labute approximate surface area is 76.1 Å². The van der Waals surface area contributed by atoms with Crippen LogP contribution in [-0.2, 0) is 4.84 Å². The maximum atomic E-state index is 10.6. The van der Waals surface area contributed by atoms with Gasteiger partial charge in [0.1, 0.15) is 0 Å². The van der Waals surface area contributed by atoms with Crippen molar-refractivity contribution in [2.24, 2.45) is 0 Å². The third-order valence-corrected chi connectivity index (χ3v) is 1.69. The predicted molar refractivity (Wildman–Crippen MR) is 48.8 cm³/mol. The van der Waals surface area contributed by atoms with Gasteiger partial charge < -0.3 is 5.11 Å². The van der Waals surface area contributed by atoms with Gasteiger partial charge in [0, 0.05) is 0 Å². The molecule has 0 fully saturated rings. The summed E-state index contributed by atoms with van der Waals surface area (Å²) in [6, 6.07) is 4.78. The lowest BCUT2D eigenvalue weighted by Crippen LogP contribution is -2.01. The number of aromatic carboxylic acids is 1. The number of nitrogens with one attached hydrogen (secondary N) is 1. The molecule has 4 heteroatoms. The normalized spacial score (nSPS) is 9.69. The summed E-state index contributed by atoms with van der Waals surface area (Å²) in [6.07, 6.45) is 0. The van der Waals surface area contributed by atoms with Crippen LogP contribution >= 0.6 is 0 Å². The van der Waals surface area contributed by atoms with Crippen LogP contribution in [0.15, 0.2) is 18.2 Å². The monoisotopic (exact) mass is 181 g/mol. The average Bonchev–Trinajstić information content (AvgIpc) is 2.08. The molecule has 1 rings (SSSR count). The molecule has 0 aliphatic carbocycles. The largest absolute Gasteiger partial charge is 0.478 e. The Kier molecular flexibility index (Phi) is 2.87. The molecule has 1 aromatic rings. The summed E-state index contributed by atoms with van der Waals surface area (Å²) in [5.74, 6) is -0.924. The Morgan fingerprint density at radius 1 is 1.54 bits per heavy atom. The van der Waals surface area contributed by atoms with Crippen LogP contribution in [0.2, 0.25) is 0 Å². The quantitative estimate of drug-likeness (QED) is 0.696. The van der Waals surface area contributed by atoms with E-state index in [2.05, 4.69) is 5.48 Å². The number of hydrogen-bond donors (Lipinski definition) is 2. The lowest BCUT2D eigenvalue weighted by atomic mass is 10.1. The molecular weight excluding hydrogens is 170 g/mol. The Morgan fingerprint density at radius 3 is 2.69 bits per heavy atom. The van der Waals surface area contributed by atoms with E-state index in [1.54, 1.807) is 12.1 Å². The van der Waals surface area contributed by atoms with E-state index in [0.29, 0.717) is 0 Å². The average molecular weight is 181 g/mol. The third kappa shape index (κ3) is 2.19. The first kappa shape index (κ1) is 9.54. The van der Waals surface area contributed by atoms with Crippen molar-refractivity contribution in [2.75, 3.05) is 12.6 Å². The molecule has 0 saturated heterocycles. The smallest absolute Gasteiger partial charge is 0.335 e. The Morgan fingerprint density at radius 2 is 2.23 bits per heavy atom. The number of aryl methyl sites for hydroxylation is 1. The van der Waals surface area contributed by atoms with Gasteiger partial charge in [-0.3, -0.25) is 10.3 Å². The van der Waals surface area contributed by atoms with Gasteiger partial charge in [0.15, 0.2) is 0 Å². The highest BCUT2D eigenvalue weighted by Crippen LogP contribution is 2.16. The number of anilines is 1. The van der Waals surface area contributed by atoms with Crippen molar-refractivity contribution < 1.29 is 14.7 Å². The first-order valence-electron chi connectivity index (χ1n) is 3.78. The van der Waals surface area contributed by atoms with Gasteiger partial charge in [-0.05, 0) is 30.7 Å². The van der Waals surface area contributed by atoms with Gasteiger partial charge in [-0.15, -0.1) is 0 Å². The molecule has 0 spiro atoms. The van der Waals surface area contributed by atoms with Crippen molar-refractivity contribution in [3.63, 3.8) is 0 Å². The zero-order valence-electron chi connectivity index (χ0n) is 7.50. The fourth-order valence-corrected chi connectivity index (χ4v) is 1.02. The molecule has 0 heterocycles. The summed E-state index contributed by atoms with van der Waals surface area (Å²) in [5.41, 5.74) is 4.53. The third-order valence-electron chi connectivity index (χ3n) is 1.69. The second kappa shape index (κ2) is 3.91. The van der Waals surface area contributed by atoms with Crippen molar-refractivity contribution in [2.45, 2.75) is 6.92 Å². The molecule has 0 aliphatic rings. The molecule has 0 radical (unpaired) electrons. The molecule has 0 amide bonds. The highest BCUT2D eigenvalue weighted by molar-refractivity contribution is 5.88. The van der Waals surface area contributed by atoms with Gasteiger partial charge in [0.25, 0.3) is 0 Å². The fourth-order valence-electron chi connectivity index (χ4n) is 1.02. The van der Waals surface area contributed by atoms with Gasteiger partial charge in [-0.1, -0.05) is 0 Å².